The smallest absolute Gasteiger partial charge is 0.410 e. The SMILES string of the molecule is Cn1c(=O)n(C2CCC(=O)NC2=O)c2ccc(C3CCN(CCC4CCN(C(=O)OC(C)(C)C)CC4)CC3)cc21. The number of rotatable bonds is 5. The van der Waals surface area contributed by atoms with Crippen molar-refractivity contribution < 1.29 is 19.1 Å². The van der Waals surface area contributed by atoms with Crippen LogP contribution in [0.4, 0.5) is 4.79 Å². The van der Waals surface area contributed by atoms with E-state index in [0.29, 0.717) is 18.3 Å². The van der Waals surface area contributed by atoms with Gasteiger partial charge in [-0.1, -0.05) is 6.07 Å². The molecule has 1 N–H and O–H groups in total. The molecule has 1 aromatic heterocycles. The van der Waals surface area contributed by atoms with E-state index in [1.807, 2.05) is 31.7 Å². The summed E-state index contributed by atoms with van der Waals surface area (Å²) in [6.45, 7) is 10.5. The molecule has 218 valence electrons. The van der Waals surface area contributed by atoms with E-state index in [0.717, 1.165) is 75.9 Å². The van der Waals surface area contributed by atoms with Crippen molar-refractivity contribution in [3.8, 4) is 0 Å². The van der Waals surface area contributed by atoms with Crippen LogP contribution >= 0.6 is 0 Å². The van der Waals surface area contributed by atoms with Crippen LogP contribution in [0.2, 0.25) is 0 Å². The minimum Gasteiger partial charge on any atom is -0.444 e. The number of imidazole rings is 1. The Morgan fingerprint density at radius 1 is 0.975 bits per heavy atom. The average molecular weight is 554 g/mol. The quantitative estimate of drug-likeness (QED) is 0.568. The maximum absolute atomic E-state index is 13.1. The molecule has 3 fully saturated rings. The highest BCUT2D eigenvalue weighted by molar-refractivity contribution is 6.00. The fraction of sp³-hybridized carbons (Fsp3) is 0.667. The molecular formula is C30H43N5O5. The van der Waals surface area contributed by atoms with Gasteiger partial charge in [-0.05, 0) is 108 Å². The molecule has 5 rings (SSSR count). The molecule has 1 unspecified atom stereocenters. The molecule has 10 heteroatoms. The Morgan fingerprint density at radius 3 is 2.33 bits per heavy atom. The van der Waals surface area contributed by atoms with Crippen LogP contribution in [-0.4, -0.2) is 75.2 Å². The largest absolute Gasteiger partial charge is 0.444 e. The first-order valence-electron chi connectivity index (χ1n) is 14.7. The van der Waals surface area contributed by atoms with E-state index >= 15 is 0 Å². The number of nitrogens with zero attached hydrogens (tertiary/aromatic N) is 4. The number of hydrogen-bond donors (Lipinski definition) is 1. The third-order valence-electron chi connectivity index (χ3n) is 8.81. The van der Waals surface area contributed by atoms with Crippen LogP contribution in [0.1, 0.15) is 83.2 Å². The first-order valence-corrected chi connectivity index (χ1v) is 14.7. The number of hydrogen-bond acceptors (Lipinski definition) is 6. The van der Waals surface area contributed by atoms with E-state index in [1.54, 1.807) is 16.2 Å². The zero-order valence-corrected chi connectivity index (χ0v) is 24.3. The lowest BCUT2D eigenvalue weighted by molar-refractivity contribution is -0.135. The number of piperidine rings is 3. The zero-order chi connectivity index (χ0) is 28.6. The molecule has 40 heavy (non-hydrogen) atoms. The van der Waals surface area contributed by atoms with Crippen LogP contribution < -0.4 is 11.0 Å². The summed E-state index contributed by atoms with van der Waals surface area (Å²) in [5.74, 6) is 0.392. The molecule has 10 nitrogen and oxygen atoms in total. The number of carbonyl (C=O) groups is 3. The van der Waals surface area contributed by atoms with Crippen LogP contribution in [-0.2, 0) is 21.4 Å². The molecule has 0 aliphatic carbocycles. The highest BCUT2D eigenvalue weighted by Crippen LogP contribution is 2.32. The van der Waals surface area contributed by atoms with Crippen molar-refractivity contribution in [1.29, 1.82) is 0 Å². The molecular weight excluding hydrogens is 510 g/mol. The van der Waals surface area contributed by atoms with Crippen molar-refractivity contribution in [1.82, 2.24) is 24.3 Å². The summed E-state index contributed by atoms with van der Waals surface area (Å²) in [4.78, 5) is 53.9. The van der Waals surface area contributed by atoms with Crippen LogP contribution in [0.25, 0.3) is 11.0 Å². The van der Waals surface area contributed by atoms with Gasteiger partial charge in [0.1, 0.15) is 11.6 Å². The molecule has 0 bridgehead atoms. The lowest BCUT2D eigenvalue weighted by atomic mass is 9.88. The summed E-state index contributed by atoms with van der Waals surface area (Å²) in [5, 5.41) is 2.37. The number of aryl methyl sites for hydroxylation is 1. The van der Waals surface area contributed by atoms with Gasteiger partial charge >= 0.3 is 11.8 Å². The number of aromatic nitrogens is 2. The number of carbonyl (C=O) groups excluding carboxylic acids is 3. The number of ether oxygens (including phenoxy) is 1. The van der Waals surface area contributed by atoms with Gasteiger partial charge in [-0.3, -0.25) is 24.0 Å². The van der Waals surface area contributed by atoms with E-state index in [2.05, 4.69) is 22.3 Å². The monoisotopic (exact) mass is 553 g/mol. The Labute approximate surface area is 235 Å². The molecule has 3 amide bonds. The van der Waals surface area contributed by atoms with Gasteiger partial charge in [-0.15, -0.1) is 0 Å². The maximum Gasteiger partial charge on any atom is 0.410 e. The van der Waals surface area contributed by atoms with Gasteiger partial charge in [0.25, 0.3) is 0 Å². The summed E-state index contributed by atoms with van der Waals surface area (Å²) in [7, 11) is 1.75. The molecule has 3 aliphatic rings. The highest BCUT2D eigenvalue weighted by Gasteiger charge is 2.32. The van der Waals surface area contributed by atoms with Gasteiger partial charge in [-0.25, -0.2) is 9.59 Å². The minimum absolute atomic E-state index is 0.196. The van der Waals surface area contributed by atoms with Crippen molar-refractivity contribution in [3.63, 3.8) is 0 Å². The molecule has 1 atom stereocenters. The Bertz CT molecular complexity index is 1320. The number of nitrogens with one attached hydrogen (secondary N) is 1. The summed E-state index contributed by atoms with van der Waals surface area (Å²) < 4.78 is 8.68. The predicted molar refractivity (Wildman–Crippen MR) is 152 cm³/mol. The van der Waals surface area contributed by atoms with E-state index < -0.39 is 17.6 Å². The van der Waals surface area contributed by atoms with Crippen LogP contribution in [0, 0.1) is 5.92 Å². The third-order valence-corrected chi connectivity index (χ3v) is 8.81. The second-order valence-corrected chi connectivity index (χ2v) is 12.7. The minimum atomic E-state index is -0.660. The molecule has 4 heterocycles. The third kappa shape index (κ3) is 6.11. The number of benzene rings is 1. The number of fused-ring (bicyclic) bond motifs is 1. The van der Waals surface area contributed by atoms with Gasteiger partial charge in [0.05, 0.1) is 11.0 Å². The zero-order valence-electron chi connectivity index (χ0n) is 24.3. The summed E-state index contributed by atoms with van der Waals surface area (Å²) in [5.41, 5.74) is 2.11. The number of likely N-dealkylation sites (tertiary alicyclic amines) is 2. The van der Waals surface area contributed by atoms with Crippen molar-refractivity contribution in [2.24, 2.45) is 13.0 Å². The molecule has 3 aliphatic heterocycles. The van der Waals surface area contributed by atoms with E-state index in [1.165, 1.54) is 5.56 Å². The predicted octanol–water partition coefficient (Wildman–Crippen LogP) is 3.53. The van der Waals surface area contributed by atoms with Gasteiger partial charge in [0.15, 0.2) is 0 Å². The van der Waals surface area contributed by atoms with Crippen LogP contribution in [0.5, 0.6) is 0 Å². The summed E-state index contributed by atoms with van der Waals surface area (Å²) >= 11 is 0. The fourth-order valence-corrected chi connectivity index (χ4v) is 6.45. The van der Waals surface area contributed by atoms with E-state index in [4.69, 9.17) is 4.74 Å². The molecule has 0 radical (unpaired) electrons. The second kappa shape index (κ2) is 11.4. The van der Waals surface area contributed by atoms with Crippen molar-refractivity contribution >= 4 is 28.9 Å². The number of imide groups is 1. The van der Waals surface area contributed by atoms with Gasteiger partial charge in [0, 0.05) is 26.6 Å². The average Bonchev–Trinajstić information content (AvgIpc) is 3.16. The lowest BCUT2D eigenvalue weighted by Crippen LogP contribution is -2.44. The molecule has 2 aromatic rings. The molecule has 1 aromatic carbocycles. The summed E-state index contributed by atoms with van der Waals surface area (Å²) in [6, 6.07) is 5.51. The van der Waals surface area contributed by atoms with Crippen molar-refractivity contribution in [2.75, 3.05) is 32.7 Å². The molecule has 0 saturated carbocycles. The Balaban J connectivity index is 1.13. The van der Waals surface area contributed by atoms with Crippen LogP contribution in [0.3, 0.4) is 0 Å². The van der Waals surface area contributed by atoms with E-state index in [-0.39, 0.29) is 24.1 Å². The standard InChI is InChI=1S/C30H43N5O5/c1-30(2,3)40-29(39)34-17-10-20(11-18-34)9-14-33-15-12-21(13-16-33)22-5-6-23-25(19-22)32(4)28(38)35(23)24-7-8-26(36)31-27(24)37/h5-6,19-21,24H,7-18H2,1-4H3,(H,31,36,37). The Hall–Kier alpha value is -3.14. The highest BCUT2D eigenvalue weighted by atomic mass is 16.6. The van der Waals surface area contributed by atoms with Crippen molar-refractivity contribution in [2.45, 2.75) is 83.3 Å². The van der Waals surface area contributed by atoms with E-state index in [9.17, 15) is 19.2 Å². The fourth-order valence-electron chi connectivity index (χ4n) is 6.45. The topological polar surface area (TPSA) is 106 Å². The number of amides is 3. The van der Waals surface area contributed by atoms with Gasteiger partial charge in [0.2, 0.25) is 11.8 Å². The first kappa shape index (κ1) is 28.4. The Kier molecular flexibility index (Phi) is 8.08. The van der Waals surface area contributed by atoms with Crippen LogP contribution in [0.15, 0.2) is 23.0 Å². The van der Waals surface area contributed by atoms with Gasteiger partial charge in [-0.2, -0.15) is 0 Å². The molecule has 3 saturated heterocycles. The maximum atomic E-state index is 13.1. The normalized spacial score (nSPS) is 22.1. The molecule has 0 spiro atoms. The van der Waals surface area contributed by atoms with Gasteiger partial charge < -0.3 is 14.5 Å². The summed E-state index contributed by atoms with van der Waals surface area (Å²) in [6.07, 6.45) is 5.76. The first-order chi connectivity index (χ1) is 19.0. The lowest BCUT2D eigenvalue weighted by Gasteiger charge is -2.36. The Morgan fingerprint density at radius 2 is 1.68 bits per heavy atom. The van der Waals surface area contributed by atoms with Crippen molar-refractivity contribution in [3.05, 3.63) is 34.2 Å². The second-order valence-electron chi connectivity index (χ2n) is 12.7.